The molecule has 1 heterocycles. The van der Waals surface area contributed by atoms with Gasteiger partial charge in [0.2, 0.25) is 0 Å². The van der Waals surface area contributed by atoms with E-state index in [1.54, 1.807) is 6.08 Å². The van der Waals surface area contributed by atoms with Crippen LogP contribution in [0.1, 0.15) is 40.2 Å². The van der Waals surface area contributed by atoms with Crippen molar-refractivity contribution >= 4 is 18.2 Å². The van der Waals surface area contributed by atoms with Gasteiger partial charge in [-0.25, -0.2) is 0 Å². The van der Waals surface area contributed by atoms with Gasteiger partial charge in [-0.15, -0.1) is 0 Å². The van der Waals surface area contributed by atoms with Gasteiger partial charge in [0.05, 0.1) is 11.2 Å². The summed E-state index contributed by atoms with van der Waals surface area (Å²) in [6, 6.07) is 8.32. The van der Waals surface area contributed by atoms with E-state index in [0.717, 1.165) is 16.6 Å². The number of hydrogen-bond donors (Lipinski definition) is 0. The van der Waals surface area contributed by atoms with Crippen molar-refractivity contribution in [2.45, 2.75) is 45.8 Å². The first-order valence-corrected chi connectivity index (χ1v) is 7.72. The largest absolute Gasteiger partial charge is 0.494 e. The predicted molar refractivity (Wildman–Crippen MR) is 95.1 cm³/mol. The summed E-state index contributed by atoms with van der Waals surface area (Å²) in [7, 11) is -0.312. The highest BCUT2D eigenvalue weighted by Gasteiger charge is 2.51. The highest BCUT2D eigenvalue weighted by molar-refractivity contribution is 6.62. The third-order valence-corrected chi connectivity index (χ3v) is 4.41. The molecule has 0 radical (unpaired) electrons. The van der Waals surface area contributed by atoms with Crippen LogP contribution in [0.2, 0.25) is 0 Å². The number of benzene rings is 1. The average molecular weight is 296 g/mol. The molecule has 0 amide bonds. The van der Waals surface area contributed by atoms with E-state index in [-0.39, 0.29) is 18.3 Å². The first-order chi connectivity index (χ1) is 10.3. The van der Waals surface area contributed by atoms with E-state index in [1.807, 2.05) is 19.1 Å². The summed E-state index contributed by atoms with van der Waals surface area (Å²) in [5, 5.41) is 0. The van der Waals surface area contributed by atoms with E-state index in [0.29, 0.717) is 0 Å². The van der Waals surface area contributed by atoms with Gasteiger partial charge in [-0.1, -0.05) is 55.1 Å². The lowest BCUT2D eigenvalue weighted by Crippen LogP contribution is -2.41. The number of hydrogen-bond acceptors (Lipinski definition) is 2. The van der Waals surface area contributed by atoms with Crippen molar-refractivity contribution in [3.8, 4) is 0 Å². The Labute approximate surface area is 134 Å². The maximum atomic E-state index is 6.08. The molecule has 0 bridgehead atoms. The third-order valence-electron chi connectivity index (χ3n) is 4.41. The normalized spacial score (nSPS) is 20.6. The van der Waals surface area contributed by atoms with Crippen LogP contribution in [0.25, 0.3) is 5.57 Å². The van der Waals surface area contributed by atoms with E-state index in [1.165, 1.54) is 0 Å². The molecule has 1 aromatic carbocycles. The number of rotatable bonds is 4. The zero-order valence-electron chi connectivity index (χ0n) is 14.2. The Balaban J connectivity index is 2.23. The fourth-order valence-corrected chi connectivity index (χ4v) is 2.37. The van der Waals surface area contributed by atoms with Crippen LogP contribution in [0, 0.1) is 0 Å². The van der Waals surface area contributed by atoms with E-state index in [2.05, 4.69) is 64.6 Å². The fourth-order valence-electron chi connectivity index (χ4n) is 2.37. The van der Waals surface area contributed by atoms with Crippen LogP contribution in [0.4, 0.5) is 0 Å². The molecule has 1 aliphatic rings. The van der Waals surface area contributed by atoms with Crippen molar-refractivity contribution in [1.82, 2.24) is 0 Å². The van der Waals surface area contributed by atoms with E-state index in [4.69, 9.17) is 9.31 Å². The second kappa shape index (κ2) is 6.27. The highest BCUT2D eigenvalue weighted by atomic mass is 16.7. The second-order valence-corrected chi connectivity index (χ2v) is 6.57. The minimum Gasteiger partial charge on any atom is -0.399 e. The lowest BCUT2D eigenvalue weighted by atomic mass is 9.78. The summed E-state index contributed by atoms with van der Waals surface area (Å²) in [6.07, 6.45) is 7.91. The fraction of sp³-hybridized carbons (Fsp3) is 0.368. The molecule has 0 spiro atoms. The summed E-state index contributed by atoms with van der Waals surface area (Å²) in [5.41, 5.74) is 2.71. The van der Waals surface area contributed by atoms with Gasteiger partial charge in [0.25, 0.3) is 0 Å². The van der Waals surface area contributed by atoms with Gasteiger partial charge < -0.3 is 9.31 Å². The molecule has 0 unspecified atom stereocenters. The topological polar surface area (TPSA) is 18.5 Å². The number of allylic oxidation sites excluding steroid dienone is 5. The minimum absolute atomic E-state index is 0.310. The summed E-state index contributed by atoms with van der Waals surface area (Å²) in [4.78, 5) is 0. The molecule has 2 rings (SSSR count). The molecule has 0 aliphatic carbocycles. The molecule has 1 saturated heterocycles. The Morgan fingerprint density at radius 2 is 1.59 bits per heavy atom. The molecule has 0 atom stereocenters. The molecule has 0 N–H and O–H groups in total. The highest BCUT2D eigenvalue weighted by Crippen LogP contribution is 2.36. The second-order valence-electron chi connectivity index (χ2n) is 6.57. The zero-order valence-corrected chi connectivity index (χ0v) is 14.2. The third kappa shape index (κ3) is 3.26. The lowest BCUT2D eigenvalue weighted by Gasteiger charge is -2.32. The van der Waals surface area contributed by atoms with Crippen LogP contribution in [-0.2, 0) is 9.31 Å². The molecule has 1 aromatic rings. The van der Waals surface area contributed by atoms with Gasteiger partial charge >= 0.3 is 7.12 Å². The van der Waals surface area contributed by atoms with E-state index >= 15 is 0 Å². The quantitative estimate of drug-likeness (QED) is 0.614. The van der Waals surface area contributed by atoms with Gasteiger partial charge in [-0.05, 0) is 51.2 Å². The Hall–Kier alpha value is -1.58. The molecule has 22 heavy (non-hydrogen) atoms. The lowest BCUT2D eigenvalue weighted by molar-refractivity contribution is 0.00578. The van der Waals surface area contributed by atoms with E-state index < -0.39 is 0 Å². The van der Waals surface area contributed by atoms with Gasteiger partial charge in [0, 0.05) is 0 Å². The van der Waals surface area contributed by atoms with Gasteiger partial charge in [-0.2, -0.15) is 0 Å². The smallest absolute Gasteiger partial charge is 0.399 e. The molecular formula is C19H25BO2. The van der Waals surface area contributed by atoms with Gasteiger partial charge in [-0.3, -0.25) is 0 Å². The zero-order chi connectivity index (χ0) is 16.4. The molecule has 0 saturated carbocycles. The molecule has 1 aliphatic heterocycles. The van der Waals surface area contributed by atoms with Crippen molar-refractivity contribution in [2.75, 3.05) is 0 Å². The Bertz CT molecular complexity index is 578. The molecule has 2 nitrogen and oxygen atoms in total. The minimum atomic E-state index is -0.312. The van der Waals surface area contributed by atoms with Crippen LogP contribution in [-0.4, -0.2) is 18.3 Å². The van der Waals surface area contributed by atoms with Gasteiger partial charge in [0.1, 0.15) is 0 Å². The predicted octanol–water partition coefficient (Wildman–Crippen LogP) is 4.13. The molecule has 3 heteroatoms. The van der Waals surface area contributed by atoms with E-state index in [9.17, 15) is 0 Å². The molecular weight excluding hydrogens is 271 g/mol. The van der Waals surface area contributed by atoms with Crippen LogP contribution >= 0.6 is 0 Å². The Morgan fingerprint density at radius 3 is 2.05 bits per heavy atom. The molecule has 0 aromatic heterocycles. The van der Waals surface area contributed by atoms with Crippen molar-refractivity contribution in [1.29, 1.82) is 0 Å². The Morgan fingerprint density at radius 1 is 1.05 bits per heavy atom. The van der Waals surface area contributed by atoms with Crippen molar-refractivity contribution in [3.63, 3.8) is 0 Å². The monoisotopic (exact) mass is 296 g/mol. The van der Waals surface area contributed by atoms with Crippen LogP contribution in [0.15, 0.2) is 55.1 Å². The summed E-state index contributed by atoms with van der Waals surface area (Å²) in [5.74, 6) is 0. The van der Waals surface area contributed by atoms with Gasteiger partial charge in [0.15, 0.2) is 0 Å². The Kier molecular flexibility index (Phi) is 4.79. The standard InChI is InChI=1S/C19H25BO2/c1-7-9-15(10-8-2)16-11-13-17(14-12-16)20-21-18(3,4)19(5,6)22-20/h7-14H,1H2,2-6H3/b10-8-,15-9+. The first-order valence-electron chi connectivity index (χ1n) is 7.72. The maximum absolute atomic E-state index is 6.08. The van der Waals surface area contributed by atoms with Crippen LogP contribution in [0.5, 0.6) is 0 Å². The molecule has 116 valence electrons. The summed E-state index contributed by atoms with van der Waals surface area (Å²) < 4.78 is 12.2. The van der Waals surface area contributed by atoms with Crippen LogP contribution in [0.3, 0.4) is 0 Å². The van der Waals surface area contributed by atoms with Crippen molar-refractivity contribution < 1.29 is 9.31 Å². The maximum Gasteiger partial charge on any atom is 0.494 e. The summed E-state index contributed by atoms with van der Waals surface area (Å²) in [6.45, 7) is 14.1. The average Bonchev–Trinajstić information content (AvgIpc) is 2.67. The van der Waals surface area contributed by atoms with Crippen LogP contribution < -0.4 is 5.46 Å². The van der Waals surface area contributed by atoms with Crippen molar-refractivity contribution in [2.24, 2.45) is 0 Å². The van der Waals surface area contributed by atoms with Crippen molar-refractivity contribution in [3.05, 3.63) is 60.7 Å². The molecule has 1 fully saturated rings. The SMILES string of the molecule is C=C/C=C(\C=C/C)c1ccc(B2OC(C)(C)C(C)(C)O2)cc1. The summed E-state index contributed by atoms with van der Waals surface area (Å²) >= 11 is 0. The first kappa shape index (κ1) is 16.8.